The Morgan fingerprint density at radius 2 is 1.86 bits per heavy atom. The van der Waals surface area contributed by atoms with Crippen LogP contribution in [0.1, 0.15) is 5.56 Å². The summed E-state index contributed by atoms with van der Waals surface area (Å²) in [5.41, 5.74) is 9.82. The Bertz CT molecular complexity index is 964. The van der Waals surface area contributed by atoms with Crippen molar-refractivity contribution in [3.63, 3.8) is 0 Å². The van der Waals surface area contributed by atoms with Crippen molar-refractivity contribution in [2.45, 2.75) is 6.92 Å². The molecular weight excluding hydrogens is 260 g/mol. The Hall–Kier alpha value is -2.88. The highest BCUT2D eigenvalue weighted by molar-refractivity contribution is 5.92. The Morgan fingerprint density at radius 3 is 2.76 bits per heavy atom. The standard InChI is InChI=1S/C17H14N4/c1-11-9-14-16(19-10-11)21(17(18)20-14)15-8-4-6-12-5-2-3-7-13(12)15/h2-10H,1H3,(H2,18,20). The van der Waals surface area contributed by atoms with Crippen LogP contribution in [0.25, 0.3) is 27.6 Å². The van der Waals surface area contributed by atoms with Crippen molar-refractivity contribution < 1.29 is 0 Å². The van der Waals surface area contributed by atoms with Gasteiger partial charge >= 0.3 is 0 Å². The molecule has 21 heavy (non-hydrogen) atoms. The normalized spacial score (nSPS) is 11.3. The highest BCUT2D eigenvalue weighted by Crippen LogP contribution is 2.27. The van der Waals surface area contributed by atoms with Gasteiger partial charge in [-0.15, -0.1) is 0 Å². The molecule has 2 heterocycles. The first-order valence-corrected chi connectivity index (χ1v) is 6.83. The van der Waals surface area contributed by atoms with Gasteiger partial charge in [0.2, 0.25) is 5.95 Å². The van der Waals surface area contributed by atoms with E-state index in [2.05, 4.69) is 28.2 Å². The van der Waals surface area contributed by atoms with Crippen LogP contribution >= 0.6 is 0 Å². The number of nitrogens with zero attached hydrogens (tertiary/aromatic N) is 3. The van der Waals surface area contributed by atoms with Crippen LogP contribution in [-0.4, -0.2) is 14.5 Å². The van der Waals surface area contributed by atoms with Crippen LogP contribution in [0.2, 0.25) is 0 Å². The van der Waals surface area contributed by atoms with Gasteiger partial charge < -0.3 is 5.73 Å². The number of hydrogen-bond donors (Lipinski definition) is 1. The second kappa shape index (κ2) is 4.31. The van der Waals surface area contributed by atoms with Crippen LogP contribution in [0.4, 0.5) is 5.95 Å². The third-order valence-electron chi connectivity index (χ3n) is 3.67. The lowest BCUT2D eigenvalue weighted by molar-refractivity contribution is 1.09. The van der Waals surface area contributed by atoms with Gasteiger partial charge in [0.25, 0.3) is 0 Å². The Balaban J connectivity index is 2.11. The predicted octanol–water partition coefficient (Wildman–Crippen LogP) is 3.46. The highest BCUT2D eigenvalue weighted by atomic mass is 15.2. The number of pyridine rings is 1. The molecule has 2 aromatic heterocycles. The summed E-state index contributed by atoms with van der Waals surface area (Å²) in [6.45, 7) is 2.00. The molecule has 4 nitrogen and oxygen atoms in total. The first-order valence-electron chi connectivity index (χ1n) is 6.83. The molecule has 0 radical (unpaired) electrons. The molecule has 0 unspecified atom stereocenters. The number of imidazole rings is 1. The van der Waals surface area contributed by atoms with Crippen molar-refractivity contribution in [1.82, 2.24) is 14.5 Å². The summed E-state index contributed by atoms with van der Waals surface area (Å²) in [6.07, 6.45) is 1.84. The second-order valence-electron chi connectivity index (χ2n) is 5.16. The number of fused-ring (bicyclic) bond motifs is 2. The van der Waals surface area contributed by atoms with Crippen LogP contribution in [-0.2, 0) is 0 Å². The minimum absolute atomic E-state index is 0.458. The fraction of sp³-hybridized carbons (Fsp3) is 0.0588. The lowest BCUT2D eigenvalue weighted by atomic mass is 10.1. The third-order valence-corrected chi connectivity index (χ3v) is 3.67. The van der Waals surface area contributed by atoms with Crippen LogP contribution in [0.3, 0.4) is 0 Å². The van der Waals surface area contributed by atoms with E-state index in [9.17, 15) is 0 Å². The number of aromatic nitrogens is 3. The van der Waals surface area contributed by atoms with E-state index in [1.807, 2.05) is 48.0 Å². The van der Waals surface area contributed by atoms with Crippen molar-refractivity contribution in [1.29, 1.82) is 0 Å². The van der Waals surface area contributed by atoms with Gasteiger partial charge in [-0.1, -0.05) is 36.4 Å². The number of rotatable bonds is 1. The average molecular weight is 274 g/mol. The molecule has 0 bridgehead atoms. The second-order valence-corrected chi connectivity index (χ2v) is 5.16. The lowest BCUT2D eigenvalue weighted by Crippen LogP contribution is -2.02. The summed E-state index contributed by atoms with van der Waals surface area (Å²) in [4.78, 5) is 8.94. The molecule has 4 aromatic rings. The molecule has 0 amide bonds. The zero-order valence-electron chi connectivity index (χ0n) is 11.6. The van der Waals surface area contributed by atoms with Crippen molar-refractivity contribution in [3.05, 3.63) is 60.3 Å². The van der Waals surface area contributed by atoms with Gasteiger partial charge in [0.05, 0.1) is 5.69 Å². The molecule has 4 heteroatoms. The Labute approximate surface area is 121 Å². The fourth-order valence-electron chi connectivity index (χ4n) is 2.72. The Morgan fingerprint density at radius 1 is 1.05 bits per heavy atom. The molecule has 2 aromatic carbocycles. The monoisotopic (exact) mass is 274 g/mol. The minimum atomic E-state index is 0.458. The fourth-order valence-corrected chi connectivity index (χ4v) is 2.72. The number of nitrogens with two attached hydrogens (primary N) is 1. The van der Waals surface area contributed by atoms with Gasteiger partial charge in [0, 0.05) is 11.6 Å². The zero-order chi connectivity index (χ0) is 14.4. The maximum atomic E-state index is 6.14. The molecule has 0 saturated carbocycles. The smallest absolute Gasteiger partial charge is 0.207 e. The van der Waals surface area contributed by atoms with E-state index >= 15 is 0 Å². The van der Waals surface area contributed by atoms with E-state index in [0.29, 0.717) is 5.95 Å². The summed E-state index contributed by atoms with van der Waals surface area (Å²) >= 11 is 0. The average Bonchev–Trinajstić information content (AvgIpc) is 2.81. The molecular formula is C17H14N4. The molecule has 0 aliphatic rings. The van der Waals surface area contributed by atoms with Crippen LogP contribution < -0.4 is 5.73 Å². The van der Waals surface area contributed by atoms with E-state index in [0.717, 1.165) is 27.8 Å². The summed E-state index contributed by atoms with van der Waals surface area (Å²) in [7, 11) is 0. The first kappa shape index (κ1) is 11.9. The molecule has 102 valence electrons. The first-order chi connectivity index (χ1) is 10.2. The molecule has 0 aliphatic carbocycles. The van der Waals surface area contributed by atoms with Gasteiger partial charge in [0.1, 0.15) is 5.52 Å². The van der Waals surface area contributed by atoms with Crippen LogP contribution in [0.5, 0.6) is 0 Å². The molecule has 2 N–H and O–H groups in total. The van der Waals surface area contributed by atoms with Crippen molar-refractivity contribution in [2.75, 3.05) is 5.73 Å². The largest absolute Gasteiger partial charge is 0.369 e. The van der Waals surface area contributed by atoms with E-state index in [1.54, 1.807) is 0 Å². The third kappa shape index (κ3) is 1.76. The van der Waals surface area contributed by atoms with Gasteiger partial charge in [-0.25, -0.2) is 9.97 Å². The quantitative estimate of drug-likeness (QED) is 0.578. The van der Waals surface area contributed by atoms with Gasteiger partial charge in [-0.3, -0.25) is 4.57 Å². The minimum Gasteiger partial charge on any atom is -0.369 e. The van der Waals surface area contributed by atoms with E-state index in [-0.39, 0.29) is 0 Å². The number of aryl methyl sites for hydroxylation is 1. The highest BCUT2D eigenvalue weighted by Gasteiger charge is 2.13. The number of nitrogen functional groups attached to an aromatic ring is 1. The van der Waals surface area contributed by atoms with E-state index < -0.39 is 0 Å². The zero-order valence-corrected chi connectivity index (χ0v) is 11.6. The number of benzene rings is 2. The summed E-state index contributed by atoms with van der Waals surface area (Å²) in [5.74, 6) is 0.458. The number of anilines is 1. The van der Waals surface area contributed by atoms with Gasteiger partial charge in [-0.05, 0) is 30.0 Å². The van der Waals surface area contributed by atoms with Crippen molar-refractivity contribution in [3.8, 4) is 5.69 Å². The van der Waals surface area contributed by atoms with Gasteiger partial charge in [-0.2, -0.15) is 0 Å². The van der Waals surface area contributed by atoms with Crippen molar-refractivity contribution in [2.24, 2.45) is 0 Å². The molecule has 0 saturated heterocycles. The maximum absolute atomic E-state index is 6.14. The topological polar surface area (TPSA) is 56.7 Å². The lowest BCUT2D eigenvalue weighted by Gasteiger charge is -2.09. The van der Waals surface area contributed by atoms with Crippen molar-refractivity contribution >= 4 is 27.9 Å². The van der Waals surface area contributed by atoms with Crippen LogP contribution in [0, 0.1) is 6.92 Å². The Kier molecular flexibility index (Phi) is 2.44. The summed E-state index contributed by atoms with van der Waals surface area (Å²) in [5, 5.41) is 2.30. The van der Waals surface area contributed by atoms with E-state index in [1.165, 1.54) is 5.39 Å². The summed E-state index contributed by atoms with van der Waals surface area (Å²) in [6, 6.07) is 16.4. The molecule has 0 spiro atoms. The molecule has 4 rings (SSSR count). The number of hydrogen-bond acceptors (Lipinski definition) is 3. The summed E-state index contributed by atoms with van der Waals surface area (Å²) < 4.78 is 1.91. The molecule has 0 aliphatic heterocycles. The SMILES string of the molecule is Cc1cnc2c(c1)nc(N)n2-c1cccc2ccccc12. The molecule has 0 fully saturated rings. The van der Waals surface area contributed by atoms with E-state index in [4.69, 9.17) is 5.73 Å². The van der Waals surface area contributed by atoms with Crippen LogP contribution in [0.15, 0.2) is 54.7 Å². The maximum Gasteiger partial charge on any atom is 0.207 e. The predicted molar refractivity (Wildman–Crippen MR) is 85.5 cm³/mol. The van der Waals surface area contributed by atoms with Gasteiger partial charge in [0.15, 0.2) is 5.65 Å². The molecule has 0 atom stereocenters.